The zero-order chi connectivity index (χ0) is 11.2. The van der Waals surface area contributed by atoms with Crippen LogP contribution in [-0.2, 0) is 9.53 Å². The van der Waals surface area contributed by atoms with Crippen LogP contribution in [0.15, 0.2) is 11.6 Å². The third-order valence-electron chi connectivity index (χ3n) is 2.45. The van der Waals surface area contributed by atoms with Crippen LogP contribution in [0.4, 0.5) is 0 Å². The Morgan fingerprint density at radius 3 is 2.43 bits per heavy atom. The Kier molecular flexibility index (Phi) is 4.93. The molecule has 0 aromatic carbocycles. The summed E-state index contributed by atoms with van der Waals surface area (Å²) in [5, 5.41) is 9.08. The molecule has 0 rings (SSSR count). The first-order chi connectivity index (χ1) is 6.58. The van der Waals surface area contributed by atoms with Gasteiger partial charge in [-0.3, -0.25) is 0 Å². The maximum atomic E-state index is 11.6. The van der Waals surface area contributed by atoms with Crippen molar-refractivity contribution in [2.24, 2.45) is 5.41 Å². The molecule has 0 aliphatic carbocycles. The molecule has 78 valence electrons. The van der Waals surface area contributed by atoms with E-state index in [1.165, 1.54) is 0 Å². The molecule has 0 aliphatic heterocycles. The molecule has 3 heteroatoms. The highest BCUT2D eigenvalue weighted by molar-refractivity contribution is 5.83. The second-order valence-corrected chi connectivity index (χ2v) is 3.06. The summed E-state index contributed by atoms with van der Waals surface area (Å²) in [6.07, 6.45) is 2.22. The molecule has 0 heterocycles. The second-order valence-electron chi connectivity index (χ2n) is 3.06. The predicted octanol–water partition coefficient (Wildman–Crippen LogP) is 2.44. The molecule has 14 heavy (non-hydrogen) atoms. The summed E-state index contributed by atoms with van der Waals surface area (Å²) in [5.74, 6) is -0.444. The molecule has 0 amide bonds. The van der Waals surface area contributed by atoms with Gasteiger partial charge in [0, 0.05) is 0 Å². The summed E-state index contributed by atoms with van der Waals surface area (Å²) < 4.78 is 4.91. The molecule has 0 aromatic heterocycles. The fourth-order valence-corrected chi connectivity index (χ4v) is 1.30. The van der Waals surface area contributed by atoms with Crippen molar-refractivity contribution in [2.75, 3.05) is 6.61 Å². The quantitative estimate of drug-likeness (QED) is 0.511. The van der Waals surface area contributed by atoms with Gasteiger partial charge < -0.3 is 4.74 Å². The van der Waals surface area contributed by atoms with Gasteiger partial charge in [-0.1, -0.05) is 13.0 Å². The first-order valence-corrected chi connectivity index (χ1v) is 4.80. The number of rotatable bonds is 4. The van der Waals surface area contributed by atoms with Gasteiger partial charge in [-0.05, 0) is 32.8 Å². The topological polar surface area (TPSA) is 50.1 Å². The van der Waals surface area contributed by atoms with E-state index in [9.17, 15) is 4.79 Å². The number of ether oxygens (including phenoxy) is 1. The summed E-state index contributed by atoms with van der Waals surface area (Å²) in [4.78, 5) is 11.6. The van der Waals surface area contributed by atoms with Crippen molar-refractivity contribution in [3.8, 4) is 6.07 Å². The van der Waals surface area contributed by atoms with E-state index >= 15 is 0 Å². The summed E-state index contributed by atoms with van der Waals surface area (Å²) in [6, 6.07) is 2.06. The van der Waals surface area contributed by atoms with Crippen LogP contribution < -0.4 is 0 Å². The summed E-state index contributed by atoms with van der Waals surface area (Å²) in [5.41, 5.74) is -0.342. The molecule has 0 spiro atoms. The average molecular weight is 195 g/mol. The number of hydrogen-bond donors (Lipinski definition) is 0. The van der Waals surface area contributed by atoms with E-state index in [-0.39, 0.29) is 0 Å². The molecule has 1 atom stereocenters. The molecule has 0 fully saturated rings. The number of nitrogens with zero attached hydrogens (tertiary/aromatic N) is 1. The molecule has 0 radical (unpaired) electrons. The van der Waals surface area contributed by atoms with Gasteiger partial charge in [0.05, 0.1) is 12.7 Å². The van der Waals surface area contributed by atoms with Gasteiger partial charge >= 0.3 is 5.97 Å². The van der Waals surface area contributed by atoms with Crippen LogP contribution in [0.3, 0.4) is 0 Å². The molecular weight excluding hydrogens is 178 g/mol. The largest absolute Gasteiger partial charge is 0.465 e. The Morgan fingerprint density at radius 1 is 1.57 bits per heavy atom. The van der Waals surface area contributed by atoms with E-state index in [2.05, 4.69) is 6.07 Å². The van der Waals surface area contributed by atoms with E-state index in [1.807, 2.05) is 13.8 Å². The van der Waals surface area contributed by atoms with Crippen molar-refractivity contribution >= 4 is 5.97 Å². The van der Waals surface area contributed by atoms with Crippen LogP contribution in [0.2, 0.25) is 0 Å². The van der Waals surface area contributed by atoms with Gasteiger partial charge in [-0.15, -0.1) is 0 Å². The lowest BCUT2D eigenvalue weighted by molar-refractivity contribution is -0.150. The minimum absolute atomic E-state index is 0.305. The van der Waals surface area contributed by atoms with Crippen LogP contribution in [0.1, 0.15) is 34.1 Å². The van der Waals surface area contributed by atoms with E-state index in [0.29, 0.717) is 13.0 Å². The number of allylic oxidation sites excluding steroid dienone is 1. The molecular formula is C11H17NO2. The van der Waals surface area contributed by atoms with Crippen molar-refractivity contribution in [2.45, 2.75) is 34.1 Å². The van der Waals surface area contributed by atoms with Crippen molar-refractivity contribution < 1.29 is 9.53 Å². The van der Waals surface area contributed by atoms with Crippen LogP contribution in [0, 0.1) is 16.7 Å². The third-order valence-corrected chi connectivity index (χ3v) is 2.45. The zero-order valence-electron chi connectivity index (χ0n) is 9.26. The predicted molar refractivity (Wildman–Crippen MR) is 54.4 cm³/mol. The van der Waals surface area contributed by atoms with Gasteiger partial charge in [0.25, 0.3) is 0 Å². The van der Waals surface area contributed by atoms with Gasteiger partial charge in [0.15, 0.2) is 5.41 Å². The highest BCUT2D eigenvalue weighted by atomic mass is 16.5. The smallest absolute Gasteiger partial charge is 0.330 e. The van der Waals surface area contributed by atoms with E-state index in [4.69, 9.17) is 10.00 Å². The Labute approximate surface area is 85.4 Å². The Balaban J connectivity index is 5.10. The lowest BCUT2D eigenvalue weighted by atomic mass is 9.79. The molecule has 0 saturated heterocycles. The fourth-order valence-electron chi connectivity index (χ4n) is 1.30. The maximum absolute atomic E-state index is 11.6. The first-order valence-electron chi connectivity index (χ1n) is 4.80. The van der Waals surface area contributed by atoms with E-state index in [1.54, 1.807) is 19.9 Å². The molecule has 0 saturated carbocycles. The van der Waals surface area contributed by atoms with Crippen molar-refractivity contribution in [1.29, 1.82) is 5.26 Å². The highest BCUT2D eigenvalue weighted by Gasteiger charge is 2.39. The Morgan fingerprint density at radius 2 is 2.14 bits per heavy atom. The number of carbonyl (C=O) groups excluding carboxylic acids is 1. The lowest BCUT2D eigenvalue weighted by Gasteiger charge is -2.23. The normalized spacial score (nSPS) is 15.5. The molecule has 0 bridgehead atoms. The Bertz CT molecular complexity index is 276. The minimum Gasteiger partial charge on any atom is -0.465 e. The van der Waals surface area contributed by atoms with E-state index < -0.39 is 11.4 Å². The standard InChI is InChI=1S/C11H17NO2/c1-5-9(4)11(6-2,8-12)10(13)14-7-3/h5H,6-7H2,1-4H3/b9-5+/t11-/m1/s1. The first kappa shape index (κ1) is 12.7. The lowest BCUT2D eigenvalue weighted by Crippen LogP contribution is -2.32. The van der Waals surface area contributed by atoms with Gasteiger partial charge in [-0.2, -0.15) is 5.26 Å². The molecule has 3 nitrogen and oxygen atoms in total. The van der Waals surface area contributed by atoms with Crippen LogP contribution in [0.5, 0.6) is 0 Å². The van der Waals surface area contributed by atoms with Crippen molar-refractivity contribution in [1.82, 2.24) is 0 Å². The summed E-state index contributed by atoms with van der Waals surface area (Å²) in [7, 11) is 0. The SMILES string of the molecule is C/C=C(\C)[C@](C#N)(CC)C(=O)OCC. The van der Waals surface area contributed by atoms with Gasteiger partial charge in [0.1, 0.15) is 0 Å². The summed E-state index contributed by atoms with van der Waals surface area (Å²) in [6.45, 7) is 7.45. The highest BCUT2D eigenvalue weighted by Crippen LogP contribution is 2.31. The third kappa shape index (κ3) is 2.14. The van der Waals surface area contributed by atoms with Crippen LogP contribution in [-0.4, -0.2) is 12.6 Å². The monoisotopic (exact) mass is 195 g/mol. The van der Waals surface area contributed by atoms with Crippen LogP contribution >= 0.6 is 0 Å². The summed E-state index contributed by atoms with van der Waals surface area (Å²) >= 11 is 0. The van der Waals surface area contributed by atoms with Crippen LogP contribution in [0.25, 0.3) is 0 Å². The maximum Gasteiger partial charge on any atom is 0.330 e. The van der Waals surface area contributed by atoms with E-state index in [0.717, 1.165) is 5.57 Å². The fraction of sp³-hybridized carbons (Fsp3) is 0.636. The molecule has 0 unspecified atom stereocenters. The number of nitriles is 1. The Hall–Kier alpha value is -1.30. The van der Waals surface area contributed by atoms with Gasteiger partial charge in [0.2, 0.25) is 0 Å². The molecule has 0 N–H and O–H groups in total. The van der Waals surface area contributed by atoms with Gasteiger partial charge in [-0.25, -0.2) is 4.79 Å². The van der Waals surface area contributed by atoms with Crippen molar-refractivity contribution in [3.05, 3.63) is 11.6 Å². The molecule has 0 aliphatic rings. The second kappa shape index (κ2) is 5.43. The van der Waals surface area contributed by atoms with Crippen molar-refractivity contribution in [3.63, 3.8) is 0 Å². The minimum atomic E-state index is -1.09. The number of carbonyl (C=O) groups is 1. The number of hydrogen-bond acceptors (Lipinski definition) is 3. The number of esters is 1. The zero-order valence-corrected chi connectivity index (χ0v) is 9.26. The average Bonchev–Trinajstić information content (AvgIpc) is 2.20. The molecule has 0 aromatic rings.